The molecule has 0 aliphatic heterocycles. The summed E-state index contributed by atoms with van der Waals surface area (Å²) >= 11 is 1.69. The van der Waals surface area contributed by atoms with Crippen LogP contribution < -0.4 is 0 Å². The number of carbonyl (C=O) groups excluding carboxylic acids is 1. The minimum atomic E-state index is 0.130. The molecule has 0 atom stereocenters. The summed E-state index contributed by atoms with van der Waals surface area (Å²) in [7, 11) is 0. The molecule has 2 heterocycles. The number of thiophene rings is 1. The summed E-state index contributed by atoms with van der Waals surface area (Å²) in [5, 5.41) is 4.25. The van der Waals surface area contributed by atoms with E-state index in [0.29, 0.717) is 0 Å². The van der Waals surface area contributed by atoms with Gasteiger partial charge in [-0.25, -0.2) is 0 Å². The highest BCUT2D eigenvalue weighted by Gasteiger charge is 2.18. The Balaban J connectivity index is 1.82. The molecule has 106 valence electrons. The zero-order valence-corrected chi connectivity index (χ0v) is 12.7. The van der Waals surface area contributed by atoms with E-state index in [1.54, 1.807) is 17.5 Å². The van der Waals surface area contributed by atoms with Crippen LogP contribution in [0, 0.1) is 0 Å². The molecule has 0 N–H and O–H groups in total. The monoisotopic (exact) mass is 288 g/mol. The fraction of sp³-hybridized carbons (Fsp3) is 0.500. The van der Waals surface area contributed by atoms with Gasteiger partial charge in [0, 0.05) is 17.6 Å². The van der Waals surface area contributed by atoms with Crippen molar-refractivity contribution in [3.63, 3.8) is 0 Å². The lowest BCUT2D eigenvalue weighted by Gasteiger charge is -1.95. The largest absolute Gasteiger partial charge is 0.288 e. The molecule has 2 aromatic rings. The SMILES string of the molecule is CCCn1cc(C(=O)c2cc3c(s2)CCCCC3)cn1. The molecule has 0 bridgehead atoms. The summed E-state index contributed by atoms with van der Waals surface area (Å²) in [4.78, 5) is 14.8. The van der Waals surface area contributed by atoms with E-state index in [1.165, 1.54) is 29.7 Å². The maximum absolute atomic E-state index is 12.5. The lowest BCUT2D eigenvalue weighted by atomic mass is 10.1. The fourth-order valence-electron chi connectivity index (χ4n) is 2.75. The van der Waals surface area contributed by atoms with Gasteiger partial charge in [0.05, 0.1) is 16.6 Å². The van der Waals surface area contributed by atoms with Crippen LogP contribution in [-0.2, 0) is 19.4 Å². The Morgan fingerprint density at radius 1 is 1.35 bits per heavy atom. The van der Waals surface area contributed by atoms with Crippen LogP contribution in [0.15, 0.2) is 18.5 Å². The number of ketones is 1. The van der Waals surface area contributed by atoms with Gasteiger partial charge < -0.3 is 0 Å². The van der Waals surface area contributed by atoms with Crippen LogP contribution in [0.3, 0.4) is 0 Å². The first-order chi connectivity index (χ1) is 9.78. The molecule has 0 saturated carbocycles. The van der Waals surface area contributed by atoms with Crippen molar-refractivity contribution in [1.29, 1.82) is 0 Å². The van der Waals surface area contributed by atoms with Gasteiger partial charge >= 0.3 is 0 Å². The van der Waals surface area contributed by atoms with Crippen molar-refractivity contribution < 1.29 is 4.79 Å². The number of hydrogen-bond donors (Lipinski definition) is 0. The van der Waals surface area contributed by atoms with E-state index in [-0.39, 0.29) is 5.78 Å². The number of nitrogens with zero attached hydrogens (tertiary/aromatic N) is 2. The number of fused-ring (bicyclic) bond motifs is 1. The first-order valence-corrected chi connectivity index (χ1v) is 8.28. The minimum absolute atomic E-state index is 0.130. The maximum atomic E-state index is 12.5. The second kappa shape index (κ2) is 5.92. The van der Waals surface area contributed by atoms with Gasteiger partial charge in [-0.2, -0.15) is 5.10 Å². The van der Waals surface area contributed by atoms with Gasteiger partial charge in [0.1, 0.15) is 0 Å². The molecule has 0 saturated heterocycles. The van der Waals surface area contributed by atoms with Crippen LogP contribution in [0.2, 0.25) is 0 Å². The molecule has 4 heteroatoms. The average Bonchev–Trinajstić information content (AvgIpc) is 3.01. The van der Waals surface area contributed by atoms with E-state index in [4.69, 9.17) is 0 Å². The van der Waals surface area contributed by atoms with Crippen molar-refractivity contribution in [3.8, 4) is 0 Å². The zero-order chi connectivity index (χ0) is 13.9. The molecular weight excluding hydrogens is 268 g/mol. The van der Waals surface area contributed by atoms with Gasteiger partial charge in [0.2, 0.25) is 5.78 Å². The van der Waals surface area contributed by atoms with Crippen LogP contribution >= 0.6 is 11.3 Å². The summed E-state index contributed by atoms with van der Waals surface area (Å²) in [5.41, 5.74) is 2.12. The van der Waals surface area contributed by atoms with Crippen molar-refractivity contribution in [3.05, 3.63) is 39.3 Å². The molecule has 1 aliphatic rings. The number of rotatable bonds is 4. The van der Waals surface area contributed by atoms with Crippen molar-refractivity contribution >= 4 is 17.1 Å². The molecule has 3 rings (SSSR count). The van der Waals surface area contributed by atoms with E-state index in [0.717, 1.165) is 36.2 Å². The van der Waals surface area contributed by atoms with Gasteiger partial charge in [-0.3, -0.25) is 9.48 Å². The predicted molar refractivity (Wildman–Crippen MR) is 81.5 cm³/mol. The van der Waals surface area contributed by atoms with Gasteiger partial charge in [-0.05, 0) is 43.7 Å². The predicted octanol–water partition coefficient (Wildman–Crippen LogP) is 3.85. The normalized spacial score (nSPS) is 14.8. The standard InChI is InChI=1S/C16H20N2OS/c1-2-8-18-11-13(10-17-18)16(19)15-9-12-6-4-3-5-7-14(12)20-15/h9-11H,2-8H2,1H3. The quantitative estimate of drug-likeness (QED) is 0.632. The van der Waals surface area contributed by atoms with Crippen LogP contribution in [0.4, 0.5) is 0 Å². The highest BCUT2D eigenvalue weighted by molar-refractivity contribution is 7.14. The Labute approximate surface area is 123 Å². The van der Waals surface area contributed by atoms with E-state index in [9.17, 15) is 4.79 Å². The Morgan fingerprint density at radius 3 is 3.05 bits per heavy atom. The Hall–Kier alpha value is -1.42. The lowest BCUT2D eigenvalue weighted by Crippen LogP contribution is -1.98. The van der Waals surface area contributed by atoms with Gasteiger partial charge in [0.25, 0.3) is 0 Å². The van der Waals surface area contributed by atoms with Crippen molar-refractivity contribution in [1.82, 2.24) is 9.78 Å². The lowest BCUT2D eigenvalue weighted by molar-refractivity contribution is 0.104. The molecule has 2 aromatic heterocycles. The van der Waals surface area contributed by atoms with E-state index >= 15 is 0 Å². The van der Waals surface area contributed by atoms with E-state index in [1.807, 2.05) is 10.9 Å². The third-order valence-corrected chi connectivity index (χ3v) is 5.05. The molecule has 0 radical (unpaired) electrons. The molecular formula is C16H20N2OS. The first kappa shape index (κ1) is 13.6. The van der Waals surface area contributed by atoms with E-state index < -0.39 is 0 Å². The second-order valence-electron chi connectivity index (χ2n) is 5.44. The maximum Gasteiger partial charge on any atom is 0.206 e. The van der Waals surface area contributed by atoms with Crippen LogP contribution in [0.5, 0.6) is 0 Å². The number of aromatic nitrogens is 2. The number of carbonyl (C=O) groups is 1. The molecule has 0 amide bonds. The molecule has 20 heavy (non-hydrogen) atoms. The average molecular weight is 288 g/mol. The summed E-state index contributed by atoms with van der Waals surface area (Å²) in [6.45, 7) is 2.98. The van der Waals surface area contributed by atoms with Crippen LogP contribution in [0.25, 0.3) is 0 Å². The first-order valence-electron chi connectivity index (χ1n) is 7.46. The molecule has 0 spiro atoms. The Bertz CT molecular complexity index is 588. The summed E-state index contributed by atoms with van der Waals surface area (Å²) in [6.07, 6.45) is 10.7. The molecule has 0 aromatic carbocycles. The summed E-state index contributed by atoms with van der Waals surface area (Å²) in [6, 6.07) is 2.12. The Kier molecular flexibility index (Phi) is 4.01. The smallest absolute Gasteiger partial charge is 0.206 e. The number of aryl methyl sites for hydroxylation is 3. The summed E-state index contributed by atoms with van der Waals surface area (Å²) in [5.74, 6) is 0.130. The highest BCUT2D eigenvalue weighted by Crippen LogP contribution is 2.30. The van der Waals surface area contributed by atoms with Gasteiger partial charge in [-0.1, -0.05) is 13.3 Å². The molecule has 0 fully saturated rings. The minimum Gasteiger partial charge on any atom is -0.288 e. The van der Waals surface area contributed by atoms with Gasteiger partial charge in [-0.15, -0.1) is 11.3 Å². The molecule has 1 aliphatic carbocycles. The summed E-state index contributed by atoms with van der Waals surface area (Å²) < 4.78 is 1.85. The molecule has 3 nitrogen and oxygen atoms in total. The van der Waals surface area contributed by atoms with Crippen LogP contribution in [0.1, 0.15) is 58.3 Å². The Morgan fingerprint density at radius 2 is 2.20 bits per heavy atom. The highest BCUT2D eigenvalue weighted by atomic mass is 32.1. The molecule has 0 unspecified atom stereocenters. The van der Waals surface area contributed by atoms with E-state index in [2.05, 4.69) is 18.1 Å². The van der Waals surface area contributed by atoms with Crippen LogP contribution in [-0.4, -0.2) is 15.6 Å². The third kappa shape index (κ3) is 2.70. The third-order valence-electron chi connectivity index (χ3n) is 3.82. The zero-order valence-electron chi connectivity index (χ0n) is 11.9. The fourth-order valence-corrected chi connectivity index (χ4v) is 3.97. The number of hydrogen-bond acceptors (Lipinski definition) is 3. The van der Waals surface area contributed by atoms with Gasteiger partial charge in [0.15, 0.2) is 0 Å². The topological polar surface area (TPSA) is 34.9 Å². The van der Waals surface area contributed by atoms with Crippen molar-refractivity contribution in [2.45, 2.75) is 52.0 Å². The second-order valence-corrected chi connectivity index (χ2v) is 6.58. The van der Waals surface area contributed by atoms with Crippen molar-refractivity contribution in [2.75, 3.05) is 0 Å². The van der Waals surface area contributed by atoms with Crippen molar-refractivity contribution in [2.24, 2.45) is 0 Å².